The average molecular weight is 421 g/mol. The van der Waals surface area contributed by atoms with E-state index in [1.165, 1.54) is 24.3 Å². The Labute approximate surface area is 169 Å². The predicted octanol–water partition coefficient (Wildman–Crippen LogP) is 3.03. The van der Waals surface area contributed by atoms with Crippen LogP contribution >= 0.6 is 0 Å². The first kappa shape index (κ1) is 21.1. The summed E-state index contributed by atoms with van der Waals surface area (Å²) < 4.78 is 46.9. The van der Waals surface area contributed by atoms with E-state index in [2.05, 4.69) is 25.0 Å². The van der Waals surface area contributed by atoms with E-state index in [0.29, 0.717) is 30.0 Å². The number of hydrogen-bond donors (Lipinski definition) is 1. The van der Waals surface area contributed by atoms with Gasteiger partial charge >= 0.3 is 12.1 Å². The molecule has 0 aliphatic rings. The second-order valence-corrected chi connectivity index (χ2v) is 6.23. The zero-order valence-corrected chi connectivity index (χ0v) is 16.1. The van der Waals surface area contributed by atoms with Crippen LogP contribution in [0, 0.1) is 0 Å². The van der Waals surface area contributed by atoms with Crippen molar-refractivity contribution in [3.05, 3.63) is 54.0 Å². The van der Waals surface area contributed by atoms with Gasteiger partial charge in [-0.25, -0.2) is 4.98 Å². The molecule has 1 N–H and O–H groups in total. The van der Waals surface area contributed by atoms with Crippen molar-refractivity contribution < 1.29 is 27.2 Å². The molecular formula is C19H18F3N5O3. The van der Waals surface area contributed by atoms with E-state index >= 15 is 0 Å². The third-order valence-electron chi connectivity index (χ3n) is 4.15. The molecule has 0 saturated heterocycles. The first-order chi connectivity index (χ1) is 14.3. The average Bonchev–Trinajstić information content (AvgIpc) is 3.24. The molecule has 0 aliphatic carbocycles. The van der Waals surface area contributed by atoms with Crippen molar-refractivity contribution in [2.75, 3.05) is 32.1 Å². The molecule has 3 aromatic rings. The summed E-state index contributed by atoms with van der Waals surface area (Å²) in [5.74, 6) is -0.563. The zero-order chi connectivity index (χ0) is 21.7. The van der Waals surface area contributed by atoms with Gasteiger partial charge in [-0.05, 0) is 24.3 Å². The van der Waals surface area contributed by atoms with Crippen LogP contribution in [0.3, 0.4) is 0 Å². The van der Waals surface area contributed by atoms with Gasteiger partial charge in [-0.3, -0.25) is 4.79 Å². The van der Waals surface area contributed by atoms with Crippen LogP contribution in [0.2, 0.25) is 0 Å². The lowest BCUT2D eigenvalue weighted by Crippen LogP contribution is -2.33. The Morgan fingerprint density at radius 2 is 1.93 bits per heavy atom. The third-order valence-corrected chi connectivity index (χ3v) is 4.15. The smallest absolute Gasteiger partial charge is 0.471 e. The maximum absolute atomic E-state index is 12.5. The standard InChI is InChI=1S/C19H18F3N5O3/c1-27(15-8-7-14(29-2)11-24-15)10-9-23-17(28)13-5-3-12(4-6-13)16-25-18(30-26-16)19(20,21)22/h3-8,11H,9-10H2,1-2H3,(H,23,28). The lowest BCUT2D eigenvalue weighted by molar-refractivity contribution is -0.159. The second kappa shape index (κ2) is 8.80. The summed E-state index contributed by atoms with van der Waals surface area (Å²) in [6, 6.07) is 9.45. The van der Waals surface area contributed by atoms with Gasteiger partial charge in [-0.15, -0.1) is 0 Å². The number of nitrogens with one attached hydrogen (secondary N) is 1. The number of carbonyl (C=O) groups is 1. The van der Waals surface area contributed by atoms with E-state index in [1.807, 2.05) is 18.0 Å². The Kier molecular flexibility index (Phi) is 6.19. The molecule has 0 fully saturated rings. The van der Waals surface area contributed by atoms with Crippen molar-refractivity contribution in [2.24, 2.45) is 0 Å². The molecule has 158 valence electrons. The van der Waals surface area contributed by atoms with E-state index in [4.69, 9.17) is 4.74 Å². The van der Waals surface area contributed by atoms with Crippen molar-refractivity contribution in [2.45, 2.75) is 6.18 Å². The zero-order valence-electron chi connectivity index (χ0n) is 16.1. The van der Waals surface area contributed by atoms with Gasteiger partial charge in [0.25, 0.3) is 5.91 Å². The molecule has 30 heavy (non-hydrogen) atoms. The summed E-state index contributed by atoms with van der Waals surface area (Å²) in [5, 5.41) is 6.08. The van der Waals surface area contributed by atoms with Gasteiger partial charge in [0.1, 0.15) is 11.6 Å². The summed E-state index contributed by atoms with van der Waals surface area (Å²) in [7, 11) is 3.40. The molecule has 1 amide bonds. The number of likely N-dealkylation sites (N-methyl/N-ethyl adjacent to an activating group) is 1. The van der Waals surface area contributed by atoms with E-state index in [0.717, 1.165) is 5.82 Å². The Bertz CT molecular complexity index is 988. The number of rotatable bonds is 7. The van der Waals surface area contributed by atoms with Crippen LogP contribution in [-0.4, -0.2) is 48.3 Å². The fourth-order valence-electron chi connectivity index (χ4n) is 2.50. The summed E-state index contributed by atoms with van der Waals surface area (Å²) in [6.07, 6.45) is -3.10. The summed E-state index contributed by atoms with van der Waals surface area (Å²) >= 11 is 0. The van der Waals surface area contributed by atoms with Gasteiger partial charge in [0.05, 0.1) is 13.3 Å². The molecule has 0 radical (unpaired) electrons. The van der Waals surface area contributed by atoms with Crippen LogP contribution < -0.4 is 15.0 Å². The highest BCUT2D eigenvalue weighted by atomic mass is 19.4. The molecule has 8 nitrogen and oxygen atoms in total. The van der Waals surface area contributed by atoms with Crippen LogP contribution in [0.25, 0.3) is 11.4 Å². The number of nitrogens with zero attached hydrogens (tertiary/aromatic N) is 4. The maximum atomic E-state index is 12.5. The van der Waals surface area contributed by atoms with Gasteiger partial charge in [-0.1, -0.05) is 17.3 Å². The van der Waals surface area contributed by atoms with Gasteiger partial charge in [0.2, 0.25) is 5.82 Å². The molecule has 0 aliphatic heterocycles. The number of anilines is 1. The number of amides is 1. The molecule has 0 spiro atoms. The molecule has 0 bridgehead atoms. The highest BCUT2D eigenvalue weighted by Crippen LogP contribution is 2.29. The van der Waals surface area contributed by atoms with Crippen LogP contribution in [-0.2, 0) is 6.18 Å². The van der Waals surface area contributed by atoms with E-state index < -0.39 is 12.1 Å². The molecule has 2 heterocycles. The molecule has 2 aromatic heterocycles. The Morgan fingerprint density at radius 3 is 2.50 bits per heavy atom. The lowest BCUT2D eigenvalue weighted by Gasteiger charge is -2.18. The number of methoxy groups -OCH3 is 1. The Hall–Kier alpha value is -3.63. The number of alkyl halides is 3. The first-order valence-corrected chi connectivity index (χ1v) is 8.78. The SMILES string of the molecule is COc1ccc(N(C)CCNC(=O)c2ccc(-c3noc(C(F)(F)F)n3)cc2)nc1. The van der Waals surface area contributed by atoms with E-state index in [9.17, 15) is 18.0 Å². The molecule has 3 rings (SSSR count). The molecule has 1 aromatic carbocycles. The Balaban J connectivity index is 1.53. The van der Waals surface area contributed by atoms with Crippen LogP contribution in [0.1, 0.15) is 16.2 Å². The van der Waals surface area contributed by atoms with Gasteiger partial charge < -0.3 is 19.5 Å². The quantitative estimate of drug-likeness (QED) is 0.627. The predicted molar refractivity (Wildman–Crippen MR) is 101 cm³/mol. The van der Waals surface area contributed by atoms with Crippen molar-refractivity contribution in [3.63, 3.8) is 0 Å². The minimum atomic E-state index is -4.71. The van der Waals surface area contributed by atoms with Crippen molar-refractivity contribution >= 4 is 11.7 Å². The third kappa shape index (κ3) is 5.04. The number of pyridine rings is 1. The number of carbonyl (C=O) groups excluding carboxylic acids is 1. The molecule has 0 atom stereocenters. The van der Waals surface area contributed by atoms with E-state index in [-0.39, 0.29) is 11.7 Å². The van der Waals surface area contributed by atoms with Gasteiger partial charge in [-0.2, -0.15) is 18.2 Å². The summed E-state index contributed by atoms with van der Waals surface area (Å²) in [6.45, 7) is 0.886. The normalized spacial score (nSPS) is 11.2. The molecule has 11 heteroatoms. The summed E-state index contributed by atoms with van der Waals surface area (Å²) in [5.41, 5.74) is 0.652. The van der Waals surface area contributed by atoms with Crippen LogP contribution in [0.4, 0.5) is 19.0 Å². The lowest BCUT2D eigenvalue weighted by atomic mass is 10.1. The van der Waals surface area contributed by atoms with Crippen LogP contribution in [0.15, 0.2) is 47.1 Å². The molecular weight excluding hydrogens is 403 g/mol. The van der Waals surface area contributed by atoms with E-state index in [1.54, 1.807) is 19.4 Å². The minimum Gasteiger partial charge on any atom is -0.495 e. The number of benzene rings is 1. The Morgan fingerprint density at radius 1 is 1.20 bits per heavy atom. The van der Waals surface area contributed by atoms with Crippen molar-refractivity contribution in [3.8, 4) is 17.1 Å². The van der Waals surface area contributed by atoms with Gasteiger partial charge in [0.15, 0.2) is 0 Å². The van der Waals surface area contributed by atoms with Crippen molar-refractivity contribution in [1.29, 1.82) is 0 Å². The topological polar surface area (TPSA) is 93.4 Å². The monoisotopic (exact) mass is 421 g/mol. The van der Waals surface area contributed by atoms with Crippen LogP contribution in [0.5, 0.6) is 5.75 Å². The number of ether oxygens (including phenoxy) is 1. The largest absolute Gasteiger partial charge is 0.495 e. The fraction of sp³-hybridized carbons (Fsp3) is 0.263. The molecule has 0 saturated carbocycles. The fourth-order valence-corrected chi connectivity index (χ4v) is 2.50. The highest BCUT2D eigenvalue weighted by Gasteiger charge is 2.38. The minimum absolute atomic E-state index is 0.206. The first-order valence-electron chi connectivity index (χ1n) is 8.78. The number of hydrogen-bond acceptors (Lipinski definition) is 7. The number of halogens is 3. The highest BCUT2D eigenvalue weighted by molar-refractivity contribution is 5.94. The van der Waals surface area contributed by atoms with Gasteiger partial charge in [0, 0.05) is 31.3 Å². The second-order valence-electron chi connectivity index (χ2n) is 6.23. The maximum Gasteiger partial charge on any atom is 0.471 e. The molecule has 0 unspecified atom stereocenters. The number of aromatic nitrogens is 3. The van der Waals surface area contributed by atoms with Crippen molar-refractivity contribution in [1.82, 2.24) is 20.4 Å². The summed E-state index contributed by atoms with van der Waals surface area (Å²) in [4.78, 5) is 21.7.